The first kappa shape index (κ1) is 22.5. The van der Waals surface area contributed by atoms with E-state index in [0.717, 1.165) is 12.8 Å². The van der Waals surface area contributed by atoms with Crippen LogP contribution in [0, 0.1) is 0 Å². The number of halogens is 2. The van der Waals surface area contributed by atoms with E-state index in [0.29, 0.717) is 13.2 Å². The molecule has 0 aromatic rings. The van der Waals surface area contributed by atoms with Crippen LogP contribution in [0.3, 0.4) is 0 Å². The van der Waals surface area contributed by atoms with E-state index in [-0.39, 0.29) is 0 Å². The summed E-state index contributed by atoms with van der Waals surface area (Å²) >= 11 is 11.8. The quantitative estimate of drug-likeness (QED) is 0.161. The fourth-order valence-electron chi connectivity index (χ4n) is 2.36. The van der Waals surface area contributed by atoms with Crippen molar-refractivity contribution in [2.24, 2.45) is 0 Å². The van der Waals surface area contributed by atoms with Gasteiger partial charge in [0.1, 0.15) is 0 Å². The lowest BCUT2D eigenvalue weighted by Crippen LogP contribution is -2.25. The summed E-state index contributed by atoms with van der Waals surface area (Å²) in [6, 6.07) is 0. The Balaban J connectivity index is 3.49. The Hall–Kier alpha value is 0.500. The Kier molecular flexibility index (Phi) is 18.3. The number of unbranched alkanes of at least 4 members (excludes halogenated alkanes) is 10. The van der Waals surface area contributed by atoms with Gasteiger partial charge >= 0.3 is 0 Å². The molecule has 0 aliphatic heterocycles. The summed E-state index contributed by atoms with van der Waals surface area (Å²) in [6.07, 6.45) is 14.5. The Morgan fingerprint density at radius 1 is 0.591 bits per heavy atom. The molecule has 0 unspecified atom stereocenters. The Morgan fingerprint density at radius 2 is 0.955 bits per heavy atom. The molecule has 0 heterocycles. The van der Waals surface area contributed by atoms with E-state index >= 15 is 0 Å². The highest BCUT2D eigenvalue weighted by Gasteiger charge is 2.17. The molecule has 0 bridgehead atoms. The zero-order valence-corrected chi connectivity index (χ0v) is 16.1. The van der Waals surface area contributed by atoms with E-state index in [1.54, 1.807) is 0 Å². The Bertz CT molecular complexity index is 195. The second-order valence-electron chi connectivity index (χ2n) is 5.98. The smallest absolute Gasteiger partial charge is 0.187 e. The summed E-state index contributed by atoms with van der Waals surface area (Å²) in [5.74, 6) is 0. The van der Waals surface area contributed by atoms with Gasteiger partial charge in [0, 0.05) is 13.2 Å². The first-order chi connectivity index (χ1) is 10.7. The van der Waals surface area contributed by atoms with Crippen LogP contribution >= 0.6 is 23.2 Å². The van der Waals surface area contributed by atoms with Gasteiger partial charge in [-0.1, -0.05) is 101 Å². The van der Waals surface area contributed by atoms with Gasteiger partial charge in [0.15, 0.2) is 11.1 Å². The SMILES string of the molecule is CCCCCCCCOC(OCCCCCCCC)C(Cl)Cl. The van der Waals surface area contributed by atoms with Gasteiger partial charge in [-0.05, 0) is 12.8 Å². The monoisotopic (exact) mass is 354 g/mol. The molecule has 0 N–H and O–H groups in total. The highest BCUT2D eigenvalue weighted by Crippen LogP contribution is 2.15. The Labute approximate surface area is 148 Å². The predicted molar refractivity (Wildman–Crippen MR) is 97.9 cm³/mol. The second kappa shape index (κ2) is 17.8. The molecule has 0 saturated heterocycles. The highest BCUT2D eigenvalue weighted by atomic mass is 35.5. The van der Waals surface area contributed by atoms with Crippen molar-refractivity contribution in [3.63, 3.8) is 0 Å². The average Bonchev–Trinajstić information content (AvgIpc) is 2.50. The van der Waals surface area contributed by atoms with Gasteiger partial charge in [-0.3, -0.25) is 0 Å². The largest absolute Gasteiger partial charge is 0.350 e. The lowest BCUT2D eigenvalue weighted by atomic mass is 10.1. The number of ether oxygens (including phenoxy) is 2. The van der Waals surface area contributed by atoms with Crippen LogP contribution < -0.4 is 0 Å². The van der Waals surface area contributed by atoms with Crippen LogP contribution in [0.25, 0.3) is 0 Å². The van der Waals surface area contributed by atoms with Crippen molar-refractivity contribution in [2.75, 3.05) is 13.2 Å². The molecule has 22 heavy (non-hydrogen) atoms. The maximum absolute atomic E-state index is 5.92. The molecule has 2 nitrogen and oxygen atoms in total. The topological polar surface area (TPSA) is 18.5 Å². The van der Waals surface area contributed by atoms with Crippen LogP contribution in [0.1, 0.15) is 90.9 Å². The first-order valence-electron chi connectivity index (χ1n) is 9.23. The molecule has 0 saturated carbocycles. The highest BCUT2D eigenvalue weighted by molar-refractivity contribution is 6.44. The normalized spacial score (nSPS) is 11.7. The molecule has 0 rings (SSSR count). The zero-order chi connectivity index (χ0) is 16.5. The molecule has 134 valence electrons. The van der Waals surface area contributed by atoms with Gasteiger partial charge in [0.05, 0.1) is 0 Å². The van der Waals surface area contributed by atoms with Crippen LogP contribution in [-0.4, -0.2) is 24.3 Å². The molecule has 0 radical (unpaired) electrons. The van der Waals surface area contributed by atoms with Gasteiger partial charge in [0.2, 0.25) is 0 Å². The lowest BCUT2D eigenvalue weighted by molar-refractivity contribution is -0.135. The van der Waals surface area contributed by atoms with Crippen molar-refractivity contribution in [3.05, 3.63) is 0 Å². The fourth-order valence-corrected chi connectivity index (χ4v) is 2.65. The number of alkyl halides is 2. The van der Waals surface area contributed by atoms with E-state index in [1.807, 2.05) is 0 Å². The minimum atomic E-state index is -0.611. The van der Waals surface area contributed by atoms with Gasteiger partial charge in [-0.25, -0.2) is 0 Å². The summed E-state index contributed by atoms with van der Waals surface area (Å²) < 4.78 is 11.3. The number of rotatable bonds is 17. The lowest BCUT2D eigenvalue weighted by Gasteiger charge is -2.19. The van der Waals surface area contributed by atoms with Crippen molar-refractivity contribution in [2.45, 2.75) is 102 Å². The van der Waals surface area contributed by atoms with Gasteiger partial charge in [0.25, 0.3) is 0 Å². The maximum atomic E-state index is 5.92. The van der Waals surface area contributed by atoms with E-state index in [4.69, 9.17) is 32.7 Å². The summed E-state index contributed by atoms with van der Waals surface area (Å²) in [6.45, 7) is 5.83. The maximum Gasteiger partial charge on any atom is 0.187 e. The van der Waals surface area contributed by atoms with Gasteiger partial charge in [-0.2, -0.15) is 0 Å². The van der Waals surface area contributed by atoms with E-state index in [9.17, 15) is 0 Å². The molecular weight excluding hydrogens is 319 g/mol. The molecule has 0 aliphatic carbocycles. The molecular formula is C18H36Cl2O2. The van der Waals surface area contributed by atoms with E-state index in [2.05, 4.69) is 13.8 Å². The second-order valence-corrected chi connectivity index (χ2v) is 7.14. The van der Waals surface area contributed by atoms with Gasteiger partial charge < -0.3 is 9.47 Å². The molecule has 0 amide bonds. The van der Waals surface area contributed by atoms with Crippen LogP contribution in [0.2, 0.25) is 0 Å². The number of hydrogen-bond donors (Lipinski definition) is 0. The average molecular weight is 355 g/mol. The van der Waals surface area contributed by atoms with Crippen molar-refractivity contribution < 1.29 is 9.47 Å². The molecule has 0 aliphatic rings. The minimum absolute atomic E-state index is 0.477. The number of hydrogen-bond acceptors (Lipinski definition) is 2. The van der Waals surface area contributed by atoms with Crippen molar-refractivity contribution >= 4 is 23.2 Å². The van der Waals surface area contributed by atoms with Crippen LogP contribution in [0.4, 0.5) is 0 Å². The molecule has 0 spiro atoms. The van der Waals surface area contributed by atoms with Crippen LogP contribution in [0.15, 0.2) is 0 Å². The first-order valence-corrected chi connectivity index (χ1v) is 10.1. The molecule has 4 heteroatoms. The summed E-state index contributed by atoms with van der Waals surface area (Å²) in [7, 11) is 0. The van der Waals surface area contributed by atoms with Crippen molar-refractivity contribution in [3.8, 4) is 0 Å². The predicted octanol–water partition coefficient (Wildman–Crippen LogP) is 6.87. The zero-order valence-electron chi connectivity index (χ0n) is 14.6. The van der Waals surface area contributed by atoms with Crippen LogP contribution in [0.5, 0.6) is 0 Å². The third-order valence-electron chi connectivity index (χ3n) is 3.77. The van der Waals surface area contributed by atoms with Crippen LogP contribution in [-0.2, 0) is 9.47 Å². The third kappa shape index (κ3) is 15.4. The van der Waals surface area contributed by atoms with E-state index < -0.39 is 11.1 Å². The van der Waals surface area contributed by atoms with E-state index in [1.165, 1.54) is 64.2 Å². The third-order valence-corrected chi connectivity index (χ3v) is 4.18. The minimum Gasteiger partial charge on any atom is -0.350 e. The Morgan fingerprint density at radius 3 is 1.32 bits per heavy atom. The molecule has 0 aromatic heterocycles. The molecule has 0 aromatic carbocycles. The van der Waals surface area contributed by atoms with Crippen molar-refractivity contribution in [1.29, 1.82) is 0 Å². The molecule has 0 atom stereocenters. The summed E-state index contributed by atoms with van der Waals surface area (Å²) in [5, 5.41) is 0. The van der Waals surface area contributed by atoms with Crippen molar-refractivity contribution in [1.82, 2.24) is 0 Å². The van der Waals surface area contributed by atoms with Gasteiger partial charge in [-0.15, -0.1) is 0 Å². The summed E-state index contributed by atoms with van der Waals surface area (Å²) in [4.78, 5) is -0.611. The fraction of sp³-hybridized carbons (Fsp3) is 1.00. The summed E-state index contributed by atoms with van der Waals surface area (Å²) in [5.41, 5.74) is 0. The standard InChI is InChI=1S/C18H36Cl2O2/c1-3-5-7-9-11-13-15-21-18(17(19)20)22-16-14-12-10-8-6-4-2/h17-18H,3-16H2,1-2H3. The molecule has 0 fully saturated rings.